The Morgan fingerprint density at radius 3 is 2.78 bits per heavy atom. The molecule has 0 unspecified atom stereocenters. The molecule has 0 aliphatic carbocycles. The van der Waals surface area contributed by atoms with Gasteiger partial charge in [-0.2, -0.15) is 4.98 Å². The van der Waals surface area contributed by atoms with Crippen molar-refractivity contribution in [2.45, 2.75) is 43.7 Å². The lowest BCUT2D eigenvalue weighted by Gasteiger charge is -2.11. The molecule has 3 heterocycles. The van der Waals surface area contributed by atoms with Gasteiger partial charge in [-0.25, -0.2) is 0 Å². The fourth-order valence-electron chi connectivity index (χ4n) is 2.84. The van der Waals surface area contributed by atoms with Crippen LogP contribution < -0.4 is 0 Å². The van der Waals surface area contributed by atoms with Gasteiger partial charge in [-0.15, -0.1) is 10.2 Å². The molecule has 1 saturated heterocycles. The van der Waals surface area contributed by atoms with Gasteiger partial charge >= 0.3 is 0 Å². The van der Waals surface area contributed by atoms with Crippen LogP contribution >= 0.6 is 11.8 Å². The van der Waals surface area contributed by atoms with Crippen molar-refractivity contribution in [3.05, 3.63) is 41.6 Å². The highest BCUT2D eigenvalue weighted by Gasteiger charge is 2.22. The van der Waals surface area contributed by atoms with Gasteiger partial charge in [0.1, 0.15) is 0 Å². The molecule has 9 heteroatoms. The summed E-state index contributed by atoms with van der Waals surface area (Å²) in [6.07, 6.45) is 2.47. The predicted molar refractivity (Wildman–Crippen MR) is 97.6 cm³/mol. The molecular weight excluding hydrogens is 366 g/mol. The van der Waals surface area contributed by atoms with Gasteiger partial charge in [-0.3, -0.25) is 4.79 Å². The monoisotopic (exact) mass is 385 g/mol. The Kier molecular flexibility index (Phi) is 5.19. The maximum atomic E-state index is 11.7. The molecule has 0 saturated carbocycles. The summed E-state index contributed by atoms with van der Waals surface area (Å²) in [5, 5.41) is 12.4. The molecule has 1 amide bonds. The van der Waals surface area contributed by atoms with Crippen LogP contribution in [0.25, 0.3) is 11.4 Å². The van der Waals surface area contributed by atoms with Gasteiger partial charge in [0.2, 0.25) is 23.5 Å². The topological polar surface area (TPSA) is 98.2 Å². The van der Waals surface area contributed by atoms with Crippen LogP contribution in [0.1, 0.15) is 37.1 Å². The Hall–Kier alpha value is -2.68. The number of hydrogen-bond acceptors (Lipinski definition) is 8. The van der Waals surface area contributed by atoms with Gasteiger partial charge in [-0.1, -0.05) is 48.1 Å². The number of aromatic nitrogens is 4. The zero-order chi connectivity index (χ0) is 18.6. The van der Waals surface area contributed by atoms with E-state index in [1.807, 2.05) is 12.1 Å². The average molecular weight is 385 g/mol. The van der Waals surface area contributed by atoms with E-state index in [9.17, 15) is 4.79 Å². The molecule has 0 bridgehead atoms. The fraction of sp³-hybridized carbons (Fsp3) is 0.389. The van der Waals surface area contributed by atoms with Crippen molar-refractivity contribution in [3.8, 4) is 11.4 Å². The third-order valence-corrected chi connectivity index (χ3v) is 5.16. The minimum atomic E-state index is 0.132. The molecule has 140 valence electrons. The Bertz CT molecular complexity index is 921. The van der Waals surface area contributed by atoms with E-state index in [1.54, 1.807) is 4.90 Å². The number of hydrogen-bond donors (Lipinski definition) is 0. The maximum absolute atomic E-state index is 11.7. The van der Waals surface area contributed by atoms with Crippen molar-refractivity contribution in [2.75, 3.05) is 6.54 Å². The first-order valence-electron chi connectivity index (χ1n) is 8.86. The van der Waals surface area contributed by atoms with E-state index in [0.29, 0.717) is 41.5 Å². The Balaban J connectivity index is 1.34. The van der Waals surface area contributed by atoms with Gasteiger partial charge in [0.15, 0.2) is 0 Å². The first kappa shape index (κ1) is 17.7. The molecule has 0 atom stereocenters. The maximum Gasteiger partial charge on any atom is 0.277 e. The van der Waals surface area contributed by atoms with Crippen molar-refractivity contribution < 1.29 is 13.7 Å². The average Bonchev–Trinajstić information content (AvgIpc) is 3.43. The van der Waals surface area contributed by atoms with E-state index < -0.39 is 0 Å². The molecule has 3 aromatic rings. The SMILES string of the molecule is CCc1ccc(-c2noc(CSc3nnc(CN4CCCC4=O)o3)n2)cc1. The summed E-state index contributed by atoms with van der Waals surface area (Å²) in [6, 6.07) is 8.10. The smallest absolute Gasteiger partial charge is 0.277 e. The lowest BCUT2D eigenvalue weighted by Crippen LogP contribution is -2.23. The van der Waals surface area contributed by atoms with E-state index in [0.717, 1.165) is 24.9 Å². The molecule has 4 rings (SSSR count). The fourth-order valence-corrected chi connectivity index (χ4v) is 3.46. The van der Waals surface area contributed by atoms with Crippen LogP contribution in [-0.4, -0.2) is 37.7 Å². The normalized spacial score (nSPS) is 14.3. The molecule has 27 heavy (non-hydrogen) atoms. The molecule has 1 aliphatic heterocycles. The number of thioether (sulfide) groups is 1. The van der Waals surface area contributed by atoms with Crippen LogP contribution in [0, 0.1) is 0 Å². The summed E-state index contributed by atoms with van der Waals surface area (Å²) in [6.45, 7) is 3.23. The van der Waals surface area contributed by atoms with E-state index in [1.165, 1.54) is 17.3 Å². The van der Waals surface area contributed by atoms with Crippen molar-refractivity contribution in [2.24, 2.45) is 0 Å². The number of benzene rings is 1. The summed E-state index contributed by atoms with van der Waals surface area (Å²) in [5.74, 6) is 2.06. The highest BCUT2D eigenvalue weighted by molar-refractivity contribution is 7.98. The molecule has 1 aliphatic rings. The second-order valence-electron chi connectivity index (χ2n) is 6.23. The summed E-state index contributed by atoms with van der Waals surface area (Å²) in [4.78, 5) is 17.8. The van der Waals surface area contributed by atoms with E-state index >= 15 is 0 Å². The molecule has 0 radical (unpaired) electrons. The minimum Gasteiger partial charge on any atom is -0.414 e. The first-order chi connectivity index (χ1) is 13.2. The van der Waals surface area contributed by atoms with Crippen LogP contribution in [0.3, 0.4) is 0 Å². The van der Waals surface area contributed by atoms with Gasteiger partial charge in [0, 0.05) is 18.5 Å². The van der Waals surface area contributed by atoms with E-state index in [2.05, 4.69) is 39.4 Å². The van der Waals surface area contributed by atoms with Crippen molar-refractivity contribution in [1.29, 1.82) is 0 Å². The number of aryl methyl sites for hydroxylation is 1. The number of carbonyl (C=O) groups excluding carboxylic acids is 1. The molecule has 2 aromatic heterocycles. The first-order valence-corrected chi connectivity index (χ1v) is 9.84. The largest absolute Gasteiger partial charge is 0.414 e. The zero-order valence-corrected chi connectivity index (χ0v) is 15.7. The van der Waals surface area contributed by atoms with Crippen LogP contribution in [0.2, 0.25) is 0 Å². The van der Waals surface area contributed by atoms with Crippen LogP contribution in [-0.2, 0) is 23.5 Å². The minimum absolute atomic E-state index is 0.132. The van der Waals surface area contributed by atoms with Crippen molar-refractivity contribution >= 4 is 17.7 Å². The second-order valence-corrected chi connectivity index (χ2v) is 7.16. The van der Waals surface area contributed by atoms with E-state index in [-0.39, 0.29) is 5.91 Å². The number of carbonyl (C=O) groups is 1. The number of nitrogens with zero attached hydrogens (tertiary/aromatic N) is 5. The van der Waals surface area contributed by atoms with Crippen LogP contribution in [0.4, 0.5) is 0 Å². The molecule has 1 fully saturated rings. The van der Waals surface area contributed by atoms with Gasteiger partial charge in [0.25, 0.3) is 5.22 Å². The standard InChI is InChI=1S/C18H19N5O3S/c1-2-12-5-7-13(8-6-12)17-19-15(26-22-17)11-27-18-21-20-14(25-18)10-23-9-3-4-16(23)24/h5-8H,2-4,9-11H2,1H3. The molecule has 0 spiro atoms. The number of likely N-dealkylation sites (tertiary alicyclic amines) is 1. The highest BCUT2D eigenvalue weighted by Crippen LogP contribution is 2.24. The predicted octanol–water partition coefficient (Wildman–Crippen LogP) is 3.10. The second kappa shape index (κ2) is 7.91. The van der Waals surface area contributed by atoms with Crippen LogP contribution in [0.15, 0.2) is 38.4 Å². The van der Waals surface area contributed by atoms with Gasteiger partial charge in [0.05, 0.1) is 12.3 Å². The highest BCUT2D eigenvalue weighted by atomic mass is 32.2. The third kappa shape index (κ3) is 4.19. The van der Waals surface area contributed by atoms with Gasteiger partial charge < -0.3 is 13.8 Å². The quantitative estimate of drug-likeness (QED) is 0.572. The molecule has 8 nitrogen and oxygen atoms in total. The zero-order valence-electron chi connectivity index (χ0n) is 14.9. The lowest BCUT2D eigenvalue weighted by atomic mass is 10.1. The van der Waals surface area contributed by atoms with E-state index in [4.69, 9.17) is 8.94 Å². The Morgan fingerprint density at radius 1 is 1.19 bits per heavy atom. The summed E-state index contributed by atoms with van der Waals surface area (Å²) >= 11 is 1.33. The summed E-state index contributed by atoms with van der Waals surface area (Å²) < 4.78 is 10.9. The molecular formula is C18H19N5O3S. The van der Waals surface area contributed by atoms with Crippen LogP contribution in [0.5, 0.6) is 0 Å². The lowest BCUT2D eigenvalue weighted by molar-refractivity contribution is -0.128. The molecule has 1 aromatic carbocycles. The Labute approximate surface area is 160 Å². The number of amides is 1. The van der Waals surface area contributed by atoms with Crippen molar-refractivity contribution in [3.63, 3.8) is 0 Å². The van der Waals surface area contributed by atoms with Crippen molar-refractivity contribution in [1.82, 2.24) is 25.2 Å². The summed E-state index contributed by atoms with van der Waals surface area (Å²) in [5.41, 5.74) is 2.18. The number of rotatable bonds is 7. The summed E-state index contributed by atoms with van der Waals surface area (Å²) in [7, 11) is 0. The van der Waals surface area contributed by atoms with Gasteiger partial charge in [-0.05, 0) is 18.4 Å². The molecule has 0 N–H and O–H groups in total. The Morgan fingerprint density at radius 2 is 2.04 bits per heavy atom. The third-order valence-electron chi connectivity index (χ3n) is 4.35.